The molecule has 3 nitrogen and oxygen atoms in total. The molecule has 1 heterocycles. The molecule has 0 N–H and O–H groups in total. The predicted octanol–water partition coefficient (Wildman–Crippen LogP) is 2.21. The minimum Gasteiger partial charge on any atom is -0.229 e. The Morgan fingerprint density at radius 3 is 2.42 bits per heavy atom. The maximum atomic E-state index is 10.9. The summed E-state index contributed by atoms with van der Waals surface area (Å²) in [7, 11) is -2.97. The fourth-order valence-corrected chi connectivity index (χ4v) is 4.46. The molecule has 1 aromatic rings. The summed E-state index contributed by atoms with van der Waals surface area (Å²) in [6, 6.07) is 0. The summed E-state index contributed by atoms with van der Waals surface area (Å²) in [6.07, 6.45) is 1.20. The number of hydrogen-bond acceptors (Lipinski definition) is 4. The molecule has 0 amide bonds. The highest BCUT2D eigenvalue weighted by Crippen LogP contribution is 2.28. The highest BCUT2D eigenvalue weighted by atomic mass is 79.9. The second kappa shape index (κ2) is 3.73. The Morgan fingerprint density at radius 1 is 1.50 bits per heavy atom. The molecule has 1 aromatic heterocycles. The van der Waals surface area contributed by atoms with Crippen LogP contribution < -0.4 is 0 Å². The summed E-state index contributed by atoms with van der Waals surface area (Å²) in [4.78, 5) is 4.71. The summed E-state index contributed by atoms with van der Waals surface area (Å²) < 4.78 is 23.1. The molecule has 7 heteroatoms. The molecule has 1 rings (SSSR count). The van der Waals surface area contributed by atoms with Crippen molar-refractivity contribution in [2.24, 2.45) is 0 Å². The Balaban J connectivity index is 2.97. The molecule has 0 unspecified atom stereocenters. The van der Waals surface area contributed by atoms with Crippen molar-refractivity contribution in [1.29, 1.82) is 0 Å². The zero-order valence-electron chi connectivity index (χ0n) is 6.04. The van der Waals surface area contributed by atoms with Crippen molar-refractivity contribution in [2.45, 2.75) is 5.75 Å². The number of aromatic nitrogens is 1. The van der Waals surface area contributed by atoms with Crippen LogP contribution in [0.25, 0.3) is 0 Å². The number of nitrogens with zero attached hydrogens (tertiary/aromatic N) is 1. The Kier molecular flexibility index (Phi) is 3.30. The minimum absolute atomic E-state index is 0.0385. The molecule has 0 aromatic carbocycles. The Hall–Kier alpha value is 0.540. The van der Waals surface area contributed by atoms with Crippen LogP contribution in [-0.2, 0) is 15.6 Å². The molecule has 0 atom stereocenters. The molecule has 0 bridgehead atoms. The third kappa shape index (κ3) is 3.12. The Labute approximate surface area is 91.4 Å². The third-order valence-corrected chi connectivity index (χ3v) is 4.44. The standard InChI is InChI=1S/C5H5Br2NO2S2/c1-12(9,10)2-3-4(6)8-5(7)11-3/h2H2,1H3. The van der Waals surface area contributed by atoms with E-state index in [4.69, 9.17) is 0 Å². The first kappa shape index (κ1) is 10.6. The molecule has 0 fully saturated rings. The first-order chi connectivity index (χ1) is 5.38. The fraction of sp³-hybridized carbons (Fsp3) is 0.400. The lowest BCUT2D eigenvalue weighted by Crippen LogP contribution is -1.99. The largest absolute Gasteiger partial charge is 0.229 e. The molecule has 0 radical (unpaired) electrons. The van der Waals surface area contributed by atoms with Crippen molar-refractivity contribution < 1.29 is 8.42 Å². The van der Waals surface area contributed by atoms with Crippen molar-refractivity contribution in [3.8, 4) is 0 Å². The van der Waals surface area contributed by atoms with E-state index < -0.39 is 9.84 Å². The first-order valence-electron chi connectivity index (χ1n) is 2.87. The van der Waals surface area contributed by atoms with Gasteiger partial charge in [-0.05, 0) is 31.9 Å². The van der Waals surface area contributed by atoms with Crippen molar-refractivity contribution in [2.75, 3.05) is 6.26 Å². The van der Waals surface area contributed by atoms with Crippen LogP contribution in [0.3, 0.4) is 0 Å². The maximum Gasteiger partial charge on any atom is 0.160 e. The van der Waals surface area contributed by atoms with Gasteiger partial charge in [-0.2, -0.15) is 0 Å². The highest BCUT2D eigenvalue weighted by Gasteiger charge is 2.12. The van der Waals surface area contributed by atoms with Crippen LogP contribution in [-0.4, -0.2) is 19.7 Å². The van der Waals surface area contributed by atoms with Gasteiger partial charge in [-0.25, -0.2) is 13.4 Å². The molecule has 0 aliphatic rings. The number of sulfone groups is 1. The Morgan fingerprint density at radius 2 is 2.08 bits per heavy atom. The average molecular weight is 335 g/mol. The van der Waals surface area contributed by atoms with E-state index >= 15 is 0 Å². The van der Waals surface area contributed by atoms with E-state index in [1.54, 1.807) is 0 Å². The van der Waals surface area contributed by atoms with Crippen molar-refractivity contribution in [3.05, 3.63) is 13.4 Å². The van der Waals surface area contributed by atoms with Gasteiger partial charge in [0.15, 0.2) is 13.8 Å². The van der Waals surface area contributed by atoms with E-state index in [0.717, 1.165) is 4.88 Å². The van der Waals surface area contributed by atoms with Gasteiger partial charge in [0.2, 0.25) is 0 Å². The van der Waals surface area contributed by atoms with E-state index in [0.29, 0.717) is 8.52 Å². The molecular formula is C5H5Br2NO2S2. The van der Waals surface area contributed by atoms with Crippen molar-refractivity contribution in [1.82, 2.24) is 4.98 Å². The number of thiazole rings is 1. The van der Waals surface area contributed by atoms with Gasteiger partial charge in [0.1, 0.15) is 4.60 Å². The summed E-state index contributed by atoms with van der Waals surface area (Å²) in [6.45, 7) is 0. The lowest BCUT2D eigenvalue weighted by atomic mass is 10.6. The monoisotopic (exact) mass is 333 g/mol. The summed E-state index contributed by atoms with van der Waals surface area (Å²) in [5.74, 6) is 0.0385. The van der Waals surface area contributed by atoms with Gasteiger partial charge < -0.3 is 0 Å². The SMILES string of the molecule is CS(=O)(=O)Cc1sc(Br)nc1Br. The van der Waals surface area contributed by atoms with Gasteiger partial charge in [0.05, 0.1) is 10.6 Å². The smallest absolute Gasteiger partial charge is 0.160 e. The van der Waals surface area contributed by atoms with E-state index in [1.807, 2.05) is 0 Å². The highest BCUT2D eigenvalue weighted by molar-refractivity contribution is 9.11. The topological polar surface area (TPSA) is 47.0 Å². The van der Waals surface area contributed by atoms with Crippen molar-refractivity contribution >= 4 is 53.0 Å². The number of hydrogen-bond donors (Lipinski definition) is 0. The molecule has 0 aliphatic carbocycles. The normalized spacial score (nSPS) is 11.9. The van der Waals surface area contributed by atoms with Gasteiger partial charge in [0, 0.05) is 6.26 Å². The van der Waals surface area contributed by atoms with Crippen molar-refractivity contribution in [3.63, 3.8) is 0 Å². The summed E-state index contributed by atoms with van der Waals surface area (Å²) in [5, 5.41) is 0. The number of halogens is 2. The zero-order chi connectivity index (χ0) is 9.35. The molecule has 12 heavy (non-hydrogen) atoms. The second-order valence-corrected chi connectivity index (χ2v) is 7.50. The van der Waals surface area contributed by atoms with E-state index in [-0.39, 0.29) is 5.75 Å². The summed E-state index contributed by atoms with van der Waals surface area (Å²) >= 11 is 7.67. The lowest BCUT2D eigenvalue weighted by molar-refractivity contribution is 0.601. The maximum absolute atomic E-state index is 10.9. The van der Waals surface area contributed by atoms with Crippen LogP contribution in [0.4, 0.5) is 0 Å². The van der Waals surface area contributed by atoms with Crippen LogP contribution in [0.2, 0.25) is 0 Å². The Bertz CT molecular complexity index is 384. The second-order valence-electron chi connectivity index (χ2n) is 2.25. The predicted molar refractivity (Wildman–Crippen MR) is 56.1 cm³/mol. The van der Waals surface area contributed by atoms with Gasteiger partial charge in [-0.1, -0.05) is 0 Å². The fourth-order valence-electron chi connectivity index (χ4n) is 0.633. The number of rotatable bonds is 2. The van der Waals surface area contributed by atoms with E-state index in [2.05, 4.69) is 36.8 Å². The van der Waals surface area contributed by atoms with Gasteiger partial charge in [-0.3, -0.25) is 0 Å². The van der Waals surface area contributed by atoms with Crippen LogP contribution >= 0.6 is 43.2 Å². The summed E-state index contributed by atoms with van der Waals surface area (Å²) in [5.41, 5.74) is 0. The van der Waals surface area contributed by atoms with E-state index in [1.165, 1.54) is 17.6 Å². The molecule has 68 valence electrons. The third-order valence-electron chi connectivity index (χ3n) is 1.02. The lowest BCUT2D eigenvalue weighted by Gasteiger charge is -1.92. The van der Waals surface area contributed by atoms with Crippen LogP contribution in [0.1, 0.15) is 4.88 Å². The van der Waals surface area contributed by atoms with Gasteiger partial charge >= 0.3 is 0 Å². The van der Waals surface area contributed by atoms with Crippen LogP contribution in [0.15, 0.2) is 8.52 Å². The van der Waals surface area contributed by atoms with Gasteiger partial charge in [-0.15, -0.1) is 11.3 Å². The molecule has 0 saturated heterocycles. The molecule has 0 aliphatic heterocycles. The average Bonchev–Trinajstić information content (AvgIpc) is 2.06. The quantitative estimate of drug-likeness (QED) is 0.833. The minimum atomic E-state index is -2.97. The van der Waals surface area contributed by atoms with Crippen LogP contribution in [0.5, 0.6) is 0 Å². The molecule has 0 spiro atoms. The van der Waals surface area contributed by atoms with Gasteiger partial charge in [0.25, 0.3) is 0 Å². The first-order valence-corrected chi connectivity index (χ1v) is 7.33. The zero-order valence-corrected chi connectivity index (χ0v) is 10.8. The molecular weight excluding hydrogens is 330 g/mol. The van der Waals surface area contributed by atoms with Crippen LogP contribution in [0, 0.1) is 0 Å². The van der Waals surface area contributed by atoms with E-state index in [9.17, 15) is 8.42 Å². The molecule has 0 saturated carbocycles.